The van der Waals surface area contributed by atoms with Gasteiger partial charge in [-0.15, -0.1) is 22.7 Å². The van der Waals surface area contributed by atoms with Crippen LogP contribution in [0.15, 0.2) is 26.5 Å². The monoisotopic (exact) mass is 365 g/mol. The second-order valence-corrected chi connectivity index (χ2v) is 7.12. The Bertz CT molecular complexity index is 475. The molecule has 1 atom stereocenters. The van der Waals surface area contributed by atoms with E-state index >= 15 is 0 Å². The quantitative estimate of drug-likeness (QED) is 0.819. The first-order valence-corrected chi connectivity index (χ1v) is 7.62. The molecule has 1 nitrogen and oxygen atoms in total. The van der Waals surface area contributed by atoms with Gasteiger partial charge in [0.2, 0.25) is 0 Å². The minimum atomic E-state index is -0.0348. The molecule has 0 saturated heterocycles. The maximum atomic E-state index is 6.24. The molecule has 0 amide bonds. The van der Waals surface area contributed by atoms with Crippen molar-refractivity contribution in [2.45, 2.75) is 13.0 Å². The van der Waals surface area contributed by atoms with Gasteiger partial charge in [0.15, 0.2) is 0 Å². The molecular formula is C10H9Br2NS2. The zero-order chi connectivity index (χ0) is 11.0. The third-order valence-electron chi connectivity index (χ3n) is 2.05. The molecule has 80 valence electrons. The zero-order valence-corrected chi connectivity index (χ0v) is 12.8. The van der Waals surface area contributed by atoms with E-state index in [0.717, 1.165) is 8.95 Å². The lowest BCUT2D eigenvalue weighted by Crippen LogP contribution is -2.09. The van der Waals surface area contributed by atoms with Gasteiger partial charge in [-0.3, -0.25) is 0 Å². The van der Waals surface area contributed by atoms with E-state index in [2.05, 4.69) is 44.8 Å². The molecule has 0 aliphatic rings. The van der Waals surface area contributed by atoms with Gasteiger partial charge < -0.3 is 5.73 Å². The fourth-order valence-corrected chi connectivity index (χ4v) is 4.97. The van der Waals surface area contributed by atoms with E-state index in [9.17, 15) is 0 Å². The molecule has 2 rings (SSSR count). The van der Waals surface area contributed by atoms with Gasteiger partial charge in [0.05, 0.1) is 6.04 Å². The summed E-state index contributed by atoms with van der Waals surface area (Å²) in [6.07, 6.45) is 0. The summed E-state index contributed by atoms with van der Waals surface area (Å²) >= 11 is 10.5. The van der Waals surface area contributed by atoms with E-state index in [0.29, 0.717) is 0 Å². The van der Waals surface area contributed by atoms with Crippen LogP contribution in [-0.4, -0.2) is 0 Å². The molecule has 0 aliphatic carbocycles. The number of aryl methyl sites for hydroxylation is 1. The normalized spacial score (nSPS) is 13.1. The van der Waals surface area contributed by atoms with Gasteiger partial charge in [-0.25, -0.2) is 0 Å². The van der Waals surface area contributed by atoms with E-state index in [1.54, 1.807) is 22.7 Å². The summed E-state index contributed by atoms with van der Waals surface area (Å²) in [5, 5.41) is 2.05. The van der Waals surface area contributed by atoms with Gasteiger partial charge >= 0.3 is 0 Å². The van der Waals surface area contributed by atoms with Crippen LogP contribution >= 0.6 is 54.5 Å². The summed E-state index contributed by atoms with van der Waals surface area (Å²) in [6, 6.07) is 4.11. The lowest BCUT2D eigenvalue weighted by Gasteiger charge is -2.08. The molecule has 2 aromatic heterocycles. The van der Waals surface area contributed by atoms with Gasteiger partial charge in [0.25, 0.3) is 0 Å². The molecule has 0 fully saturated rings. The minimum Gasteiger partial charge on any atom is -0.319 e. The molecule has 15 heavy (non-hydrogen) atoms. The van der Waals surface area contributed by atoms with E-state index < -0.39 is 0 Å². The van der Waals surface area contributed by atoms with Crippen LogP contribution in [-0.2, 0) is 0 Å². The molecule has 0 bridgehead atoms. The average molecular weight is 367 g/mol. The molecule has 2 heterocycles. The molecule has 0 saturated carbocycles. The van der Waals surface area contributed by atoms with Gasteiger partial charge in [-0.05, 0) is 56.3 Å². The summed E-state index contributed by atoms with van der Waals surface area (Å²) in [4.78, 5) is 3.65. The van der Waals surface area contributed by atoms with Gasteiger partial charge in [0, 0.05) is 23.6 Å². The first kappa shape index (κ1) is 11.8. The number of halogens is 2. The number of thiophene rings is 2. The fourth-order valence-electron chi connectivity index (χ4n) is 1.36. The lowest BCUT2D eigenvalue weighted by molar-refractivity contribution is 0.907. The average Bonchev–Trinajstić information content (AvgIpc) is 2.71. The zero-order valence-electron chi connectivity index (χ0n) is 7.96. The predicted molar refractivity (Wildman–Crippen MR) is 74.8 cm³/mol. The summed E-state index contributed by atoms with van der Waals surface area (Å²) in [7, 11) is 0. The molecule has 1 unspecified atom stereocenters. The molecular weight excluding hydrogens is 358 g/mol. The van der Waals surface area contributed by atoms with Crippen molar-refractivity contribution in [1.82, 2.24) is 0 Å². The summed E-state index contributed by atoms with van der Waals surface area (Å²) in [5.41, 5.74) is 6.24. The molecule has 0 radical (unpaired) electrons. The van der Waals surface area contributed by atoms with Gasteiger partial charge in [-0.2, -0.15) is 0 Å². The van der Waals surface area contributed by atoms with Gasteiger partial charge in [-0.1, -0.05) is 0 Å². The summed E-state index contributed by atoms with van der Waals surface area (Å²) in [6.45, 7) is 2.09. The molecule has 2 N–H and O–H groups in total. The van der Waals surface area contributed by atoms with Crippen LogP contribution in [0.5, 0.6) is 0 Å². The number of hydrogen-bond acceptors (Lipinski definition) is 3. The van der Waals surface area contributed by atoms with Crippen LogP contribution in [0.1, 0.15) is 20.7 Å². The summed E-state index contributed by atoms with van der Waals surface area (Å²) < 4.78 is 2.20. The first-order valence-electron chi connectivity index (χ1n) is 4.34. The van der Waals surface area contributed by atoms with Crippen molar-refractivity contribution >= 4 is 54.5 Å². The third-order valence-corrected chi connectivity index (χ3v) is 6.05. The van der Waals surface area contributed by atoms with Crippen molar-refractivity contribution < 1.29 is 0 Å². The van der Waals surface area contributed by atoms with Crippen LogP contribution in [0, 0.1) is 6.92 Å². The highest BCUT2D eigenvalue weighted by atomic mass is 79.9. The van der Waals surface area contributed by atoms with Crippen LogP contribution in [0.2, 0.25) is 0 Å². The number of hydrogen-bond donors (Lipinski definition) is 1. The fraction of sp³-hybridized carbons (Fsp3) is 0.200. The molecule has 2 aromatic rings. The summed E-state index contributed by atoms with van der Waals surface area (Å²) in [5.74, 6) is 0. The standard InChI is InChI=1S/C10H9Br2NS2/c1-5-4-7(12)10(15-5)8(13)9-6(11)2-3-14-9/h2-4,8H,13H2,1H3. The molecule has 0 aliphatic heterocycles. The Kier molecular flexibility index (Phi) is 3.67. The SMILES string of the molecule is Cc1cc(Br)c(C(N)c2sccc2Br)s1. The molecule has 0 aromatic carbocycles. The smallest absolute Gasteiger partial charge is 0.0762 e. The topological polar surface area (TPSA) is 26.0 Å². The van der Waals surface area contributed by atoms with Crippen LogP contribution < -0.4 is 5.73 Å². The second kappa shape index (κ2) is 4.67. The Hall–Kier alpha value is 0.320. The number of nitrogens with two attached hydrogens (primary N) is 1. The van der Waals surface area contributed by atoms with Crippen molar-refractivity contribution in [2.75, 3.05) is 0 Å². The van der Waals surface area contributed by atoms with E-state index in [1.807, 2.05) is 11.4 Å². The Morgan fingerprint density at radius 1 is 1.27 bits per heavy atom. The highest BCUT2D eigenvalue weighted by Gasteiger charge is 2.18. The maximum Gasteiger partial charge on any atom is 0.0762 e. The van der Waals surface area contributed by atoms with Gasteiger partial charge in [0.1, 0.15) is 0 Å². The van der Waals surface area contributed by atoms with Crippen molar-refractivity contribution in [2.24, 2.45) is 5.73 Å². The van der Waals surface area contributed by atoms with Crippen molar-refractivity contribution in [3.63, 3.8) is 0 Å². The van der Waals surface area contributed by atoms with Crippen LogP contribution in [0.3, 0.4) is 0 Å². The Labute approximate surface area is 114 Å². The van der Waals surface area contributed by atoms with Crippen molar-refractivity contribution in [3.05, 3.63) is 41.1 Å². The second-order valence-electron chi connectivity index (χ2n) is 3.18. The van der Waals surface area contributed by atoms with Crippen LogP contribution in [0.4, 0.5) is 0 Å². The highest BCUT2D eigenvalue weighted by Crippen LogP contribution is 2.38. The van der Waals surface area contributed by atoms with E-state index in [4.69, 9.17) is 5.73 Å². The molecule has 0 spiro atoms. The van der Waals surface area contributed by atoms with Crippen molar-refractivity contribution in [3.8, 4) is 0 Å². The Balaban J connectivity index is 2.40. The van der Waals surface area contributed by atoms with E-state index in [-0.39, 0.29) is 6.04 Å². The van der Waals surface area contributed by atoms with Crippen molar-refractivity contribution in [1.29, 1.82) is 0 Å². The number of rotatable bonds is 2. The lowest BCUT2D eigenvalue weighted by atomic mass is 10.2. The Morgan fingerprint density at radius 3 is 2.47 bits per heavy atom. The predicted octanol–water partition coefficient (Wildman–Crippen LogP) is 4.69. The van der Waals surface area contributed by atoms with E-state index in [1.165, 1.54) is 14.6 Å². The van der Waals surface area contributed by atoms with Crippen LogP contribution in [0.25, 0.3) is 0 Å². The highest BCUT2D eigenvalue weighted by molar-refractivity contribution is 9.11. The molecule has 5 heteroatoms. The Morgan fingerprint density at radius 2 is 2.00 bits per heavy atom. The first-order chi connectivity index (χ1) is 7.09. The maximum absolute atomic E-state index is 6.24. The third kappa shape index (κ3) is 2.36. The largest absolute Gasteiger partial charge is 0.319 e. The minimum absolute atomic E-state index is 0.0348.